The summed E-state index contributed by atoms with van der Waals surface area (Å²) in [6.07, 6.45) is -2.40. The number of rotatable bonds is 1. The molecule has 2 aromatic rings. The summed E-state index contributed by atoms with van der Waals surface area (Å²) < 4.78 is 40.3. The van der Waals surface area contributed by atoms with E-state index >= 15 is 0 Å². The monoisotopic (exact) mass is 341 g/mol. The molecule has 1 amide bonds. The molecule has 5 nitrogen and oxygen atoms in total. The number of fused-ring (bicyclic) bond motifs is 1. The van der Waals surface area contributed by atoms with E-state index in [0.717, 1.165) is 6.07 Å². The molecule has 0 aromatic carbocycles. The molecular weight excluding hydrogens is 323 g/mol. The third kappa shape index (κ3) is 2.86. The van der Waals surface area contributed by atoms with Crippen LogP contribution in [0.5, 0.6) is 0 Å². The fraction of sp³-hybridized carbons (Fsp3) is 0.500. The Bertz CT molecular complexity index is 790. The van der Waals surface area contributed by atoms with Crippen LogP contribution in [0.3, 0.4) is 0 Å². The molecule has 8 heteroatoms. The van der Waals surface area contributed by atoms with Gasteiger partial charge in [-0.2, -0.15) is 13.2 Å². The molecule has 0 saturated carbocycles. The number of pyridine rings is 1. The second-order valence-electron chi connectivity index (χ2n) is 6.20. The first-order valence-corrected chi connectivity index (χ1v) is 7.69. The molecule has 0 bridgehead atoms. The summed E-state index contributed by atoms with van der Waals surface area (Å²) in [5, 5.41) is 9.99. The number of aliphatic hydroxyl groups excluding tert-OH is 1. The molecule has 0 aliphatic carbocycles. The number of amides is 1. The molecule has 0 radical (unpaired) electrons. The average Bonchev–Trinajstić information content (AvgIpc) is 2.84. The van der Waals surface area contributed by atoms with Gasteiger partial charge in [-0.15, -0.1) is 0 Å². The quantitative estimate of drug-likeness (QED) is 0.867. The Balaban J connectivity index is 2.05. The molecule has 0 unspecified atom stereocenters. The molecule has 1 aliphatic heterocycles. The fourth-order valence-electron chi connectivity index (χ4n) is 3.11. The zero-order valence-electron chi connectivity index (χ0n) is 13.4. The van der Waals surface area contributed by atoms with Crippen LogP contribution in [0.25, 0.3) is 11.0 Å². The highest BCUT2D eigenvalue weighted by Gasteiger charge is 2.34. The molecule has 2 aromatic heterocycles. The van der Waals surface area contributed by atoms with Gasteiger partial charge in [0.2, 0.25) is 0 Å². The zero-order chi connectivity index (χ0) is 17.6. The zero-order valence-corrected chi connectivity index (χ0v) is 13.4. The topological polar surface area (TPSA) is 58.4 Å². The maximum Gasteiger partial charge on any atom is 0.433 e. The number of likely N-dealkylation sites (tertiary alicyclic amines) is 1. The van der Waals surface area contributed by atoms with E-state index in [1.807, 2.05) is 0 Å². The van der Waals surface area contributed by atoms with E-state index in [0.29, 0.717) is 42.4 Å². The van der Waals surface area contributed by atoms with Crippen LogP contribution in [0.2, 0.25) is 0 Å². The van der Waals surface area contributed by atoms with Crippen LogP contribution < -0.4 is 0 Å². The van der Waals surface area contributed by atoms with E-state index in [2.05, 4.69) is 4.98 Å². The minimum atomic E-state index is -4.53. The van der Waals surface area contributed by atoms with Gasteiger partial charge in [0.05, 0.1) is 11.7 Å². The highest BCUT2D eigenvalue weighted by Crippen LogP contribution is 2.32. The first-order valence-electron chi connectivity index (χ1n) is 7.69. The van der Waals surface area contributed by atoms with Crippen molar-refractivity contribution in [3.8, 4) is 0 Å². The van der Waals surface area contributed by atoms with Crippen LogP contribution in [0.1, 0.15) is 34.5 Å². The van der Waals surface area contributed by atoms with Gasteiger partial charge in [-0.05, 0) is 31.4 Å². The molecule has 130 valence electrons. The number of carbonyl (C=O) groups excluding carboxylic acids is 1. The summed E-state index contributed by atoms with van der Waals surface area (Å²) in [6, 6.07) is 0.971. The number of hydrogen-bond acceptors (Lipinski definition) is 3. The standard InChI is InChI=1S/C16H18F3N3O2/c1-9-7-12(16(17,18)19)20-14-13(9)11(8-21(14)2)15(24)22-5-3-10(23)4-6-22/h7-8,10,23H,3-6H2,1-2H3. The summed E-state index contributed by atoms with van der Waals surface area (Å²) in [5.41, 5.74) is -0.104. The van der Waals surface area contributed by atoms with Gasteiger partial charge in [0, 0.05) is 31.7 Å². The normalized spacial score (nSPS) is 16.8. The van der Waals surface area contributed by atoms with Crippen LogP contribution >= 0.6 is 0 Å². The first kappa shape index (κ1) is 16.8. The molecule has 3 rings (SSSR count). The van der Waals surface area contributed by atoms with Crippen molar-refractivity contribution >= 4 is 16.9 Å². The fourth-order valence-corrected chi connectivity index (χ4v) is 3.11. The Morgan fingerprint density at radius 1 is 1.33 bits per heavy atom. The predicted octanol–water partition coefficient (Wildman–Crippen LogP) is 2.50. The number of nitrogens with zero attached hydrogens (tertiary/aromatic N) is 3. The van der Waals surface area contributed by atoms with Crippen LogP contribution in [0, 0.1) is 6.92 Å². The average molecular weight is 341 g/mol. The van der Waals surface area contributed by atoms with Crippen LogP contribution in [0.15, 0.2) is 12.3 Å². The summed E-state index contributed by atoms with van der Waals surface area (Å²) in [7, 11) is 1.58. The lowest BCUT2D eigenvalue weighted by Crippen LogP contribution is -2.40. The molecule has 0 atom stereocenters. The van der Waals surface area contributed by atoms with Crippen LogP contribution in [-0.2, 0) is 13.2 Å². The maximum absolute atomic E-state index is 12.9. The lowest BCUT2D eigenvalue weighted by Gasteiger charge is -2.29. The number of halogens is 3. The molecule has 1 saturated heterocycles. The van der Waals surface area contributed by atoms with Crippen molar-refractivity contribution in [1.29, 1.82) is 0 Å². The van der Waals surface area contributed by atoms with Crippen molar-refractivity contribution < 1.29 is 23.1 Å². The van der Waals surface area contributed by atoms with E-state index in [1.54, 1.807) is 18.9 Å². The van der Waals surface area contributed by atoms with Crippen molar-refractivity contribution in [2.45, 2.75) is 32.0 Å². The van der Waals surface area contributed by atoms with Gasteiger partial charge in [-0.3, -0.25) is 4.79 Å². The molecule has 1 N–H and O–H groups in total. The number of carbonyl (C=O) groups is 1. The molecular formula is C16H18F3N3O2. The minimum Gasteiger partial charge on any atom is -0.393 e. The molecule has 3 heterocycles. The molecule has 1 aliphatic rings. The van der Waals surface area contributed by atoms with E-state index in [-0.39, 0.29) is 11.6 Å². The van der Waals surface area contributed by atoms with E-state index in [1.165, 1.54) is 10.8 Å². The third-order valence-electron chi connectivity index (χ3n) is 4.40. The van der Waals surface area contributed by atoms with Gasteiger partial charge in [0.25, 0.3) is 5.91 Å². The maximum atomic E-state index is 12.9. The van der Waals surface area contributed by atoms with Crippen molar-refractivity contribution in [2.24, 2.45) is 7.05 Å². The van der Waals surface area contributed by atoms with Crippen molar-refractivity contribution in [1.82, 2.24) is 14.5 Å². The van der Waals surface area contributed by atoms with Gasteiger partial charge in [-0.25, -0.2) is 4.98 Å². The Kier molecular flexibility index (Phi) is 4.03. The second kappa shape index (κ2) is 5.77. The largest absolute Gasteiger partial charge is 0.433 e. The molecule has 0 spiro atoms. The number of aliphatic hydroxyl groups is 1. The van der Waals surface area contributed by atoms with E-state index < -0.39 is 18.0 Å². The summed E-state index contributed by atoms with van der Waals surface area (Å²) >= 11 is 0. The number of hydrogen-bond donors (Lipinski definition) is 1. The van der Waals surface area contributed by atoms with Gasteiger partial charge < -0.3 is 14.6 Å². The van der Waals surface area contributed by atoms with Gasteiger partial charge in [0.15, 0.2) is 0 Å². The Labute approximate surface area is 136 Å². The van der Waals surface area contributed by atoms with Crippen LogP contribution in [0.4, 0.5) is 13.2 Å². The van der Waals surface area contributed by atoms with Gasteiger partial charge in [0.1, 0.15) is 11.3 Å². The molecule has 24 heavy (non-hydrogen) atoms. The smallest absolute Gasteiger partial charge is 0.393 e. The second-order valence-corrected chi connectivity index (χ2v) is 6.20. The van der Waals surface area contributed by atoms with Crippen molar-refractivity contribution in [3.63, 3.8) is 0 Å². The molecule has 1 fully saturated rings. The number of aromatic nitrogens is 2. The summed E-state index contributed by atoms with van der Waals surface area (Å²) in [4.78, 5) is 18.1. The van der Waals surface area contributed by atoms with Gasteiger partial charge >= 0.3 is 6.18 Å². The van der Waals surface area contributed by atoms with Crippen molar-refractivity contribution in [2.75, 3.05) is 13.1 Å². The number of alkyl halides is 3. The van der Waals surface area contributed by atoms with Gasteiger partial charge in [-0.1, -0.05) is 0 Å². The number of aryl methyl sites for hydroxylation is 2. The minimum absolute atomic E-state index is 0.141. The van der Waals surface area contributed by atoms with Crippen molar-refractivity contribution in [3.05, 3.63) is 29.1 Å². The van der Waals surface area contributed by atoms with E-state index in [9.17, 15) is 23.1 Å². The predicted molar refractivity (Wildman–Crippen MR) is 81.6 cm³/mol. The first-order chi connectivity index (χ1) is 11.2. The van der Waals surface area contributed by atoms with E-state index in [4.69, 9.17) is 0 Å². The summed E-state index contributed by atoms with van der Waals surface area (Å²) in [5.74, 6) is -0.239. The lowest BCUT2D eigenvalue weighted by molar-refractivity contribution is -0.141. The van der Waals surface area contributed by atoms with Crippen LogP contribution in [-0.4, -0.2) is 44.7 Å². The highest BCUT2D eigenvalue weighted by molar-refractivity contribution is 6.07. The third-order valence-corrected chi connectivity index (χ3v) is 4.40. The summed E-state index contributed by atoms with van der Waals surface area (Å²) in [6.45, 7) is 2.42. The Morgan fingerprint density at radius 3 is 2.54 bits per heavy atom. The highest BCUT2D eigenvalue weighted by atomic mass is 19.4. The Hall–Kier alpha value is -2.09. The SMILES string of the molecule is Cc1cc(C(F)(F)F)nc2c1c(C(=O)N1CCC(O)CC1)cn2C. The Morgan fingerprint density at radius 2 is 1.96 bits per heavy atom. The number of piperidine rings is 1. The lowest BCUT2D eigenvalue weighted by atomic mass is 10.0.